The highest BCUT2D eigenvalue weighted by Crippen LogP contribution is 2.27. The van der Waals surface area contributed by atoms with Gasteiger partial charge in [0.2, 0.25) is 10.0 Å². The maximum atomic E-state index is 13.2. The summed E-state index contributed by atoms with van der Waals surface area (Å²) >= 11 is 6.13. The summed E-state index contributed by atoms with van der Waals surface area (Å²) in [5.41, 5.74) is 2.12. The Morgan fingerprint density at radius 2 is 1.75 bits per heavy atom. The standard InChI is InChI=1S/C27H28ClN3O4S/c1-34-25-10-5-8-22(17-25)26(35-20-21-6-4-9-24(28)16-21)19-30-12-14-31(15-13-30)36(32,33)27-11-3-2-7-23(27)18-29/h2-11,16-17,26H,12-15,19-20H2,1H3/t26-/m1/s1. The van der Waals surface area contributed by atoms with Crippen LogP contribution in [0.3, 0.4) is 0 Å². The third-order valence-electron chi connectivity index (χ3n) is 6.19. The van der Waals surface area contributed by atoms with Crippen LogP contribution in [0.15, 0.2) is 77.7 Å². The van der Waals surface area contributed by atoms with Gasteiger partial charge >= 0.3 is 0 Å². The Morgan fingerprint density at radius 1 is 1.00 bits per heavy atom. The first-order chi connectivity index (χ1) is 17.4. The topological polar surface area (TPSA) is 82.9 Å². The summed E-state index contributed by atoms with van der Waals surface area (Å²) in [7, 11) is -2.11. The molecule has 1 fully saturated rings. The van der Waals surface area contributed by atoms with Gasteiger partial charge in [0.25, 0.3) is 0 Å². The third kappa shape index (κ3) is 6.25. The Labute approximate surface area is 217 Å². The van der Waals surface area contributed by atoms with Crippen LogP contribution in [0.5, 0.6) is 5.75 Å². The molecule has 3 aromatic carbocycles. The summed E-state index contributed by atoms with van der Waals surface area (Å²) in [6.45, 7) is 2.75. The molecule has 0 bridgehead atoms. The minimum atomic E-state index is -3.74. The number of halogens is 1. The maximum Gasteiger partial charge on any atom is 0.244 e. The Bertz CT molecular complexity index is 1330. The van der Waals surface area contributed by atoms with E-state index in [2.05, 4.69) is 4.90 Å². The van der Waals surface area contributed by atoms with Gasteiger partial charge < -0.3 is 9.47 Å². The fraction of sp³-hybridized carbons (Fsp3) is 0.296. The lowest BCUT2D eigenvalue weighted by atomic mass is 10.1. The van der Waals surface area contributed by atoms with Crippen molar-refractivity contribution in [2.45, 2.75) is 17.6 Å². The number of methoxy groups -OCH3 is 1. The highest BCUT2D eigenvalue weighted by molar-refractivity contribution is 7.89. The summed E-state index contributed by atoms with van der Waals surface area (Å²) in [5, 5.41) is 10.0. The maximum absolute atomic E-state index is 13.2. The van der Waals surface area contributed by atoms with Gasteiger partial charge in [-0.25, -0.2) is 8.42 Å². The van der Waals surface area contributed by atoms with Crippen LogP contribution in [0.1, 0.15) is 22.8 Å². The van der Waals surface area contributed by atoms with E-state index in [9.17, 15) is 13.7 Å². The Balaban J connectivity index is 1.46. The molecule has 0 N–H and O–H groups in total. The smallest absolute Gasteiger partial charge is 0.244 e. The van der Waals surface area contributed by atoms with Crippen molar-refractivity contribution in [2.24, 2.45) is 0 Å². The van der Waals surface area contributed by atoms with Gasteiger partial charge in [0.1, 0.15) is 11.8 Å². The average Bonchev–Trinajstić information content (AvgIpc) is 2.91. The number of hydrogen-bond donors (Lipinski definition) is 0. The van der Waals surface area contributed by atoms with Crippen molar-refractivity contribution in [1.82, 2.24) is 9.21 Å². The largest absolute Gasteiger partial charge is 0.497 e. The third-order valence-corrected chi connectivity index (χ3v) is 8.38. The minimum absolute atomic E-state index is 0.0556. The molecule has 188 valence electrons. The molecule has 1 saturated heterocycles. The monoisotopic (exact) mass is 525 g/mol. The molecule has 1 heterocycles. The zero-order chi connectivity index (χ0) is 25.5. The average molecular weight is 526 g/mol. The summed E-state index contributed by atoms with van der Waals surface area (Å²) in [4.78, 5) is 2.25. The second kappa shape index (κ2) is 11.9. The van der Waals surface area contributed by atoms with Crippen LogP contribution in [0, 0.1) is 11.3 Å². The van der Waals surface area contributed by atoms with Crippen LogP contribution in [0.25, 0.3) is 0 Å². The molecule has 0 aromatic heterocycles. The lowest BCUT2D eigenvalue weighted by Crippen LogP contribution is -2.49. The van der Waals surface area contributed by atoms with Gasteiger partial charge in [-0.15, -0.1) is 0 Å². The number of benzene rings is 3. The second-order valence-corrected chi connectivity index (χ2v) is 10.9. The summed E-state index contributed by atoms with van der Waals surface area (Å²) in [6, 6.07) is 23.7. The van der Waals surface area contributed by atoms with Crippen LogP contribution in [-0.2, 0) is 21.4 Å². The first kappa shape index (κ1) is 26.1. The fourth-order valence-electron chi connectivity index (χ4n) is 4.23. The van der Waals surface area contributed by atoms with Gasteiger partial charge in [0.15, 0.2) is 0 Å². The molecule has 3 aromatic rings. The van der Waals surface area contributed by atoms with Crippen molar-refractivity contribution in [3.63, 3.8) is 0 Å². The zero-order valence-corrected chi connectivity index (χ0v) is 21.6. The van der Waals surface area contributed by atoms with Gasteiger partial charge in [-0.3, -0.25) is 4.90 Å². The van der Waals surface area contributed by atoms with Gasteiger partial charge in [0, 0.05) is 37.7 Å². The van der Waals surface area contributed by atoms with E-state index in [1.807, 2.05) is 54.6 Å². The Hall–Kier alpha value is -2.93. The molecule has 1 atom stereocenters. The molecule has 9 heteroatoms. The van der Waals surface area contributed by atoms with Gasteiger partial charge in [-0.05, 0) is 47.5 Å². The number of sulfonamides is 1. The molecule has 0 unspecified atom stereocenters. The number of nitriles is 1. The van der Waals surface area contributed by atoms with Crippen molar-refractivity contribution < 1.29 is 17.9 Å². The molecule has 1 aliphatic heterocycles. The lowest BCUT2D eigenvalue weighted by Gasteiger charge is -2.36. The SMILES string of the molecule is COc1cccc([C@@H](CN2CCN(S(=O)(=O)c3ccccc3C#N)CC2)OCc2cccc(Cl)c2)c1. The molecular weight excluding hydrogens is 498 g/mol. The highest BCUT2D eigenvalue weighted by Gasteiger charge is 2.31. The van der Waals surface area contributed by atoms with E-state index in [0.29, 0.717) is 44.4 Å². The van der Waals surface area contributed by atoms with Crippen LogP contribution >= 0.6 is 11.6 Å². The zero-order valence-electron chi connectivity index (χ0n) is 20.0. The van der Waals surface area contributed by atoms with E-state index < -0.39 is 10.0 Å². The predicted molar refractivity (Wildman–Crippen MR) is 138 cm³/mol. The summed E-state index contributed by atoms with van der Waals surface area (Å²) in [5.74, 6) is 0.746. The first-order valence-corrected chi connectivity index (χ1v) is 13.4. The fourth-order valence-corrected chi connectivity index (χ4v) is 6.01. The van der Waals surface area contributed by atoms with Crippen molar-refractivity contribution in [2.75, 3.05) is 39.8 Å². The van der Waals surface area contributed by atoms with Crippen molar-refractivity contribution >= 4 is 21.6 Å². The Kier molecular flexibility index (Phi) is 8.62. The quantitative estimate of drug-likeness (QED) is 0.409. The molecule has 1 aliphatic rings. The van der Waals surface area contributed by atoms with Gasteiger partial charge in [-0.2, -0.15) is 9.57 Å². The molecule has 0 amide bonds. The number of piperazine rings is 1. The summed E-state index contributed by atoms with van der Waals surface area (Å²) in [6.07, 6.45) is -0.249. The molecule has 0 aliphatic carbocycles. The minimum Gasteiger partial charge on any atom is -0.497 e. The number of rotatable bonds is 9. The van der Waals surface area contributed by atoms with Crippen LogP contribution < -0.4 is 4.74 Å². The van der Waals surface area contributed by atoms with E-state index in [-0.39, 0.29) is 16.6 Å². The second-order valence-electron chi connectivity index (χ2n) is 8.52. The van der Waals surface area contributed by atoms with Crippen LogP contribution in [-0.4, -0.2) is 57.5 Å². The molecule has 0 saturated carbocycles. The molecular formula is C27H28ClN3O4S. The van der Waals surface area contributed by atoms with Crippen molar-refractivity contribution in [1.29, 1.82) is 5.26 Å². The van der Waals surface area contributed by atoms with Crippen molar-refractivity contribution in [3.8, 4) is 11.8 Å². The highest BCUT2D eigenvalue weighted by atomic mass is 35.5. The number of hydrogen-bond acceptors (Lipinski definition) is 6. The Morgan fingerprint density at radius 3 is 2.47 bits per heavy atom. The molecule has 0 spiro atoms. The molecule has 4 rings (SSSR count). The van der Waals surface area contributed by atoms with Gasteiger partial charge in [-0.1, -0.05) is 48.0 Å². The molecule has 7 nitrogen and oxygen atoms in total. The van der Waals surface area contributed by atoms with E-state index >= 15 is 0 Å². The first-order valence-electron chi connectivity index (χ1n) is 11.6. The lowest BCUT2D eigenvalue weighted by molar-refractivity contribution is 0.00763. The summed E-state index contributed by atoms with van der Waals surface area (Å²) < 4.78 is 39.6. The van der Waals surface area contributed by atoms with E-state index in [0.717, 1.165) is 16.9 Å². The van der Waals surface area contributed by atoms with Crippen LogP contribution in [0.4, 0.5) is 0 Å². The van der Waals surface area contributed by atoms with Gasteiger partial charge in [0.05, 0.1) is 30.3 Å². The van der Waals surface area contributed by atoms with Crippen molar-refractivity contribution in [3.05, 3.63) is 94.5 Å². The van der Waals surface area contributed by atoms with E-state index in [1.54, 1.807) is 19.2 Å². The van der Waals surface area contributed by atoms with E-state index in [4.69, 9.17) is 21.1 Å². The predicted octanol–water partition coefficient (Wildman–Crippen LogP) is 4.48. The molecule has 0 radical (unpaired) electrons. The number of nitrogens with zero attached hydrogens (tertiary/aromatic N) is 3. The normalized spacial score (nSPS) is 15.8. The number of ether oxygens (including phenoxy) is 2. The van der Waals surface area contributed by atoms with Crippen LogP contribution in [0.2, 0.25) is 5.02 Å². The molecule has 36 heavy (non-hydrogen) atoms. The van der Waals surface area contributed by atoms with E-state index in [1.165, 1.54) is 16.4 Å².